The molecule has 2 N–H and O–H groups in total. The minimum atomic E-state index is 0.00935. The molecule has 2 aliphatic heterocycles. The molecule has 110 valence electrons. The van der Waals surface area contributed by atoms with Gasteiger partial charge in [-0.25, -0.2) is 0 Å². The standard InChI is InChI=1S/C16H30N2O/c19-13-16(17-14-7-3-1-2-4-8-14)10-12-18-11-6-5-9-15(16)18/h14-15,17,19H,1-13H2. The summed E-state index contributed by atoms with van der Waals surface area (Å²) in [7, 11) is 0. The Morgan fingerprint density at radius 1 is 0.947 bits per heavy atom. The van der Waals surface area contributed by atoms with Crippen LogP contribution in [0, 0.1) is 0 Å². The first kappa shape index (κ1) is 13.8. The zero-order valence-corrected chi connectivity index (χ0v) is 12.2. The van der Waals surface area contributed by atoms with Crippen molar-refractivity contribution in [3.05, 3.63) is 0 Å². The van der Waals surface area contributed by atoms with E-state index in [1.807, 2.05) is 0 Å². The molecular weight excluding hydrogens is 236 g/mol. The second kappa shape index (κ2) is 6.11. The first-order valence-electron chi connectivity index (χ1n) is 8.47. The average Bonchev–Trinajstić information content (AvgIpc) is 2.63. The van der Waals surface area contributed by atoms with E-state index in [-0.39, 0.29) is 5.54 Å². The Labute approximate surface area is 117 Å². The van der Waals surface area contributed by atoms with Crippen molar-refractivity contribution in [1.82, 2.24) is 10.2 Å². The Kier molecular flexibility index (Phi) is 4.45. The van der Waals surface area contributed by atoms with E-state index >= 15 is 0 Å². The molecule has 0 bridgehead atoms. The van der Waals surface area contributed by atoms with Gasteiger partial charge in [-0.3, -0.25) is 4.90 Å². The van der Waals surface area contributed by atoms with Gasteiger partial charge in [0.25, 0.3) is 0 Å². The smallest absolute Gasteiger partial charge is 0.0629 e. The quantitative estimate of drug-likeness (QED) is 0.769. The number of aliphatic hydroxyl groups is 1. The summed E-state index contributed by atoms with van der Waals surface area (Å²) in [6.07, 6.45) is 13.3. The van der Waals surface area contributed by atoms with Crippen LogP contribution in [-0.4, -0.2) is 47.3 Å². The molecule has 0 aromatic carbocycles. The van der Waals surface area contributed by atoms with Gasteiger partial charge in [-0.05, 0) is 38.6 Å². The van der Waals surface area contributed by atoms with Gasteiger partial charge < -0.3 is 10.4 Å². The van der Waals surface area contributed by atoms with E-state index in [0.29, 0.717) is 18.7 Å². The molecule has 3 aliphatic rings. The predicted octanol–water partition coefficient (Wildman–Crippen LogP) is 2.29. The highest BCUT2D eigenvalue weighted by Gasteiger charge is 2.48. The molecule has 3 fully saturated rings. The summed E-state index contributed by atoms with van der Waals surface area (Å²) >= 11 is 0. The maximum absolute atomic E-state index is 10.1. The van der Waals surface area contributed by atoms with Crippen molar-refractivity contribution < 1.29 is 5.11 Å². The van der Waals surface area contributed by atoms with Crippen LogP contribution in [0.5, 0.6) is 0 Å². The maximum atomic E-state index is 10.1. The predicted molar refractivity (Wildman–Crippen MR) is 78.3 cm³/mol. The zero-order chi connectivity index (χ0) is 13.1. The fraction of sp³-hybridized carbons (Fsp3) is 1.00. The van der Waals surface area contributed by atoms with E-state index in [0.717, 1.165) is 6.42 Å². The summed E-state index contributed by atoms with van der Waals surface area (Å²) < 4.78 is 0. The molecule has 3 heteroatoms. The first-order chi connectivity index (χ1) is 9.34. The van der Waals surface area contributed by atoms with E-state index in [1.165, 1.54) is 70.9 Å². The van der Waals surface area contributed by atoms with Crippen LogP contribution >= 0.6 is 0 Å². The molecule has 0 spiro atoms. The van der Waals surface area contributed by atoms with Gasteiger partial charge in [-0.1, -0.05) is 32.1 Å². The fourth-order valence-corrected chi connectivity index (χ4v) is 4.62. The summed E-state index contributed by atoms with van der Waals surface area (Å²) in [5.41, 5.74) is 0.00935. The van der Waals surface area contributed by atoms with E-state index in [9.17, 15) is 5.11 Å². The fourth-order valence-electron chi connectivity index (χ4n) is 4.62. The minimum Gasteiger partial charge on any atom is -0.394 e. The third-order valence-corrected chi connectivity index (χ3v) is 5.73. The molecule has 1 aliphatic carbocycles. The summed E-state index contributed by atoms with van der Waals surface area (Å²) in [4.78, 5) is 2.63. The van der Waals surface area contributed by atoms with Crippen molar-refractivity contribution in [3.8, 4) is 0 Å². The van der Waals surface area contributed by atoms with Gasteiger partial charge >= 0.3 is 0 Å². The Hall–Kier alpha value is -0.120. The van der Waals surface area contributed by atoms with Crippen molar-refractivity contribution in [2.75, 3.05) is 19.7 Å². The maximum Gasteiger partial charge on any atom is 0.0629 e. The van der Waals surface area contributed by atoms with Crippen LogP contribution in [0.1, 0.15) is 64.2 Å². The number of aliphatic hydroxyl groups excluding tert-OH is 1. The van der Waals surface area contributed by atoms with Gasteiger partial charge in [0, 0.05) is 18.6 Å². The second-order valence-corrected chi connectivity index (χ2v) is 6.94. The van der Waals surface area contributed by atoms with Crippen molar-refractivity contribution in [2.24, 2.45) is 0 Å². The number of nitrogens with zero attached hydrogens (tertiary/aromatic N) is 1. The van der Waals surface area contributed by atoms with E-state index in [4.69, 9.17) is 0 Å². The summed E-state index contributed by atoms with van der Waals surface area (Å²) in [6, 6.07) is 1.24. The van der Waals surface area contributed by atoms with Crippen molar-refractivity contribution in [2.45, 2.75) is 81.8 Å². The molecule has 1 saturated carbocycles. The zero-order valence-electron chi connectivity index (χ0n) is 12.2. The molecule has 19 heavy (non-hydrogen) atoms. The van der Waals surface area contributed by atoms with Crippen LogP contribution < -0.4 is 5.32 Å². The Morgan fingerprint density at radius 3 is 2.42 bits per heavy atom. The average molecular weight is 266 g/mol. The topological polar surface area (TPSA) is 35.5 Å². The van der Waals surface area contributed by atoms with Crippen LogP contribution in [0.25, 0.3) is 0 Å². The van der Waals surface area contributed by atoms with Crippen LogP contribution in [0.4, 0.5) is 0 Å². The lowest BCUT2D eigenvalue weighted by molar-refractivity contribution is 0.0768. The molecule has 0 aromatic heterocycles. The van der Waals surface area contributed by atoms with Gasteiger partial charge in [0.1, 0.15) is 0 Å². The van der Waals surface area contributed by atoms with Crippen molar-refractivity contribution in [3.63, 3.8) is 0 Å². The molecule has 2 unspecified atom stereocenters. The van der Waals surface area contributed by atoms with Crippen LogP contribution in [0.3, 0.4) is 0 Å². The largest absolute Gasteiger partial charge is 0.394 e. The number of hydrogen-bond donors (Lipinski definition) is 2. The van der Waals surface area contributed by atoms with E-state index in [2.05, 4.69) is 10.2 Å². The van der Waals surface area contributed by atoms with Gasteiger partial charge in [0.15, 0.2) is 0 Å². The van der Waals surface area contributed by atoms with Crippen LogP contribution in [-0.2, 0) is 0 Å². The van der Waals surface area contributed by atoms with E-state index in [1.54, 1.807) is 0 Å². The molecule has 2 atom stereocenters. The minimum absolute atomic E-state index is 0.00935. The molecule has 3 nitrogen and oxygen atoms in total. The first-order valence-corrected chi connectivity index (χ1v) is 8.47. The number of piperidine rings is 1. The monoisotopic (exact) mass is 266 g/mol. The highest BCUT2D eigenvalue weighted by atomic mass is 16.3. The SMILES string of the molecule is OCC1(NC2CCCCCC2)CCN2CCCCC21. The van der Waals surface area contributed by atoms with Gasteiger partial charge in [0.2, 0.25) is 0 Å². The van der Waals surface area contributed by atoms with Gasteiger partial charge in [-0.15, -0.1) is 0 Å². The summed E-state index contributed by atoms with van der Waals surface area (Å²) in [6.45, 7) is 2.76. The number of hydrogen-bond acceptors (Lipinski definition) is 3. The molecule has 2 saturated heterocycles. The highest BCUT2D eigenvalue weighted by molar-refractivity contribution is 5.07. The summed E-state index contributed by atoms with van der Waals surface area (Å²) in [5, 5.41) is 14.0. The van der Waals surface area contributed by atoms with Gasteiger partial charge in [0.05, 0.1) is 12.1 Å². The highest BCUT2D eigenvalue weighted by Crippen LogP contribution is 2.36. The van der Waals surface area contributed by atoms with Gasteiger partial charge in [-0.2, -0.15) is 0 Å². The lowest BCUT2D eigenvalue weighted by Gasteiger charge is -2.42. The Balaban J connectivity index is 1.68. The lowest BCUT2D eigenvalue weighted by atomic mass is 9.84. The number of nitrogens with one attached hydrogen (secondary N) is 1. The number of rotatable bonds is 3. The van der Waals surface area contributed by atoms with E-state index < -0.39 is 0 Å². The molecule has 2 heterocycles. The third-order valence-electron chi connectivity index (χ3n) is 5.73. The molecule has 0 radical (unpaired) electrons. The lowest BCUT2D eigenvalue weighted by Crippen LogP contribution is -2.61. The van der Waals surface area contributed by atoms with Crippen LogP contribution in [0.15, 0.2) is 0 Å². The third kappa shape index (κ3) is 2.84. The molecule has 3 rings (SSSR count). The molecular formula is C16H30N2O. The number of fused-ring (bicyclic) bond motifs is 1. The normalized spacial score (nSPS) is 38.1. The molecule has 0 aromatic rings. The van der Waals surface area contributed by atoms with Crippen molar-refractivity contribution >= 4 is 0 Å². The summed E-state index contributed by atoms with van der Waals surface area (Å²) in [5.74, 6) is 0. The Bertz CT molecular complexity index is 288. The second-order valence-electron chi connectivity index (χ2n) is 6.94. The Morgan fingerprint density at radius 2 is 1.68 bits per heavy atom. The molecule has 0 amide bonds. The van der Waals surface area contributed by atoms with Crippen molar-refractivity contribution in [1.29, 1.82) is 0 Å². The van der Waals surface area contributed by atoms with Crippen LogP contribution in [0.2, 0.25) is 0 Å².